The Labute approximate surface area is 177 Å². The van der Waals surface area contributed by atoms with E-state index in [1.807, 2.05) is 26.0 Å². The highest BCUT2D eigenvalue weighted by molar-refractivity contribution is 8.76. The van der Waals surface area contributed by atoms with Crippen molar-refractivity contribution < 1.29 is 19.1 Å². The minimum Gasteiger partial charge on any atom is -0.462 e. The van der Waals surface area contributed by atoms with E-state index in [0.29, 0.717) is 13.2 Å². The van der Waals surface area contributed by atoms with Crippen LogP contribution in [0.25, 0.3) is 0 Å². The van der Waals surface area contributed by atoms with Crippen molar-refractivity contribution >= 4 is 33.5 Å². The van der Waals surface area contributed by atoms with Crippen molar-refractivity contribution in [3.05, 3.63) is 60.7 Å². The molecule has 0 amide bonds. The molecule has 0 aliphatic heterocycles. The lowest BCUT2D eigenvalue weighted by Crippen LogP contribution is -2.14. The summed E-state index contributed by atoms with van der Waals surface area (Å²) in [6.07, 6.45) is 7.34. The molecule has 0 bridgehead atoms. The first-order chi connectivity index (χ1) is 13.6. The SMILES string of the molecule is C=CCSSCC=C.CCCCOC(=O)c1ccccc1C(=O)OCCCC. The van der Waals surface area contributed by atoms with Crippen LogP contribution in [0.4, 0.5) is 0 Å². The summed E-state index contributed by atoms with van der Waals surface area (Å²) < 4.78 is 10.3. The quantitative estimate of drug-likeness (QED) is 0.159. The van der Waals surface area contributed by atoms with Crippen molar-refractivity contribution in [2.75, 3.05) is 24.7 Å². The predicted octanol–water partition coefficient (Wildman–Crippen LogP) is 6.34. The topological polar surface area (TPSA) is 52.6 Å². The maximum absolute atomic E-state index is 11.9. The zero-order valence-electron chi connectivity index (χ0n) is 17.0. The Morgan fingerprint density at radius 3 is 1.57 bits per heavy atom. The zero-order chi connectivity index (χ0) is 21.0. The van der Waals surface area contributed by atoms with Crippen LogP contribution < -0.4 is 0 Å². The monoisotopic (exact) mass is 424 g/mol. The number of ether oxygens (including phenoxy) is 2. The molecule has 0 heterocycles. The van der Waals surface area contributed by atoms with Crippen LogP contribution in [-0.2, 0) is 9.47 Å². The molecule has 1 aromatic carbocycles. The molecule has 0 fully saturated rings. The van der Waals surface area contributed by atoms with E-state index in [0.717, 1.165) is 37.2 Å². The maximum atomic E-state index is 11.9. The Bertz CT molecular complexity index is 537. The Kier molecular flexibility index (Phi) is 17.6. The number of unbranched alkanes of at least 4 members (excludes halogenated alkanes) is 2. The summed E-state index contributed by atoms with van der Waals surface area (Å²) in [5, 5.41) is 0. The second kappa shape index (κ2) is 18.7. The van der Waals surface area contributed by atoms with E-state index in [-0.39, 0.29) is 11.1 Å². The Morgan fingerprint density at radius 1 is 0.857 bits per heavy atom. The molecule has 0 aromatic heterocycles. The molecular weight excluding hydrogens is 392 g/mol. The molecule has 0 aliphatic rings. The lowest BCUT2D eigenvalue weighted by atomic mass is 10.1. The molecule has 1 rings (SSSR count). The van der Waals surface area contributed by atoms with Gasteiger partial charge in [-0.2, -0.15) is 0 Å². The molecule has 0 aliphatic carbocycles. The first-order valence-electron chi connectivity index (χ1n) is 9.51. The first-order valence-corrected chi connectivity index (χ1v) is 12.0. The van der Waals surface area contributed by atoms with Gasteiger partial charge in [0.1, 0.15) is 0 Å². The second-order valence-electron chi connectivity index (χ2n) is 5.67. The lowest BCUT2D eigenvalue weighted by Gasteiger charge is -2.09. The van der Waals surface area contributed by atoms with Crippen LogP contribution in [0.2, 0.25) is 0 Å². The van der Waals surface area contributed by atoms with Gasteiger partial charge in [0.25, 0.3) is 0 Å². The van der Waals surface area contributed by atoms with Crippen LogP contribution >= 0.6 is 21.6 Å². The summed E-state index contributed by atoms with van der Waals surface area (Å²) >= 11 is 0. The molecule has 4 nitrogen and oxygen atoms in total. The van der Waals surface area contributed by atoms with Gasteiger partial charge in [0.15, 0.2) is 0 Å². The van der Waals surface area contributed by atoms with Crippen molar-refractivity contribution in [3.8, 4) is 0 Å². The number of carbonyl (C=O) groups excluding carboxylic acids is 2. The van der Waals surface area contributed by atoms with E-state index >= 15 is 0 Å². The van der Waals surface area contributed by atoms with Gasteiger partial charge in [0, 0.05) is 11.5 Å². The molecule has 0 saturated carbocycles. The zero-order valence-corrected chi connectivity index (χ0v) is 18.6. The molecular formula is C22H32O4S2. The number of carbonyl (C=O) groups is 2. The second-order valence-corrected chi connectivity index (χ2v) is 8.22. The van der Waals surface area contributed by atoms with Gasteiger partial charge in [-0.05, 0) is 25.0 Å². The van der Waals surface area contributed by atoms with Gasteiger partial charge < -0.3 is 9.47 Å². The predicted molar refractivity (Wildman–Crippen MR) is 122 cm³/mol. The van der Waals surface area contributed by atoms with Gasteiger partial charge in [0.05, 0.1) is 24.3 Å². The van der Waals surface area contributed by atoms with Gasteiger partial charge >= 0.3 is 11.9 Å². The number of hydrogen-bond acceptors (Lipinski definition) is 6. The van der Waals surface area contributed by atoms with E-state index < -0.39 is 11.9 Å². The van der Waals surface area contributed by atoms with E-state index in [1.165, 1.54) is 0 Å². The molecule has 0 saturated heterocycles. The fraction of sp³-hybridized carbons (Fsp3) is 0.455. The molecule has 1 aromatic rings. The van der Waals surface area contributed by atoms with E-state index in [9.17, 15) is 9.59 Å². The minimum atomic E-state index is -0.471. The summed E-state index contributed by atoms with van der Waals surface area (Å²) in [5.74, 6) is 1.11. The highest BCUT2D eigenvalue weighted by Gasteiger charge is 2.18. The molecule has 0 unspecified atom stereocenters. The Hall–Kier alpha value is -1.66. The third-order valence-corrected chi connectivity index (χ3v) is 5.51. The summed E-state index contributed by atoms with van der Waals surface area (Å²) in [7, 11) is 3.61. The lowest BCUT2D eigenvalue weighted by molar-refractivity contribution is 0.0452. The van der Waals surface area contributed by atoms with E-state index in [2.05, 4.69) is 13.2 Å². The van der Waals surface area contributed by atoms with E-state index in [4.69, 9.17) is 9.47 Å². The normalized spacial score (nSPS) is 9.64. The molecule has 156 valence electrons. The van der Waals surface area contributed by atoms with Crippen LogP contribution in [0.3, 0.4) is 0 Å². The first kappa shape index (κ1) is 26.3. The fourth-order valence-electron chi connectivity index (χ4n) is 1.81. The van der Waals surface area contributed by atoms with Gasteiger partial charge in [-0.3, -0.25) is 0 Å². The van der Waals surface area contributed by atoms with Crippen LogP contribution in [0, 0.1) is 0 Å². The van der Waals surface area contributed by atoms with Crippen LogP contribution in [0.15, 0.2) is 49.6 Å². The number of hydrogen-bond donors (Lipinski definition) is 0. The van der Waals surface area contributed by atoms with E-state index in [1.54, 1.807) is 45.9 Å². The third-order valence-electron chi connectivity index (χ3n) is 3.28. The molecule has 0 N–H and O–H groups in total. The van der Waals surface area contributed by atoms with Gasteiger partial charge in [0.2, 0.25) is 0 Å². The van der Waals surface area contributed by atoms with Crippen molar-refractivity contribution in [3.63, 3.8) is 0 Å². The molecule has 0 atom stereocenters. The van der Waals surface area contributed by atoms with Crippen LogP contribution in [0.5, 0.6) is 0 Å². The van der Waals surface area contributed by atoms with Crippen molar-refractivity contribution in [1.82, 2.24) is 0 Å². The standard InChI is InChI=1S/C16H22O4.C6H10S2/c1-3-5-11-19-15(17)13-9-7-8-10-14(13)16(18)20-12-6-4-2;1-3-5-7-8-6-4-2/h7-10H,3-6,11-12H2,1-2H3;3-4H,1-2,5-6H2. The molecule has 6 heteroatoms. The molecule has 28 heavy (non-hydrogen) atoms. The maximum Gasteiger partial charge on any atom is 0.339 e. The smallest absolute Gasteiger partial charge is 0.339 e. The summed E-state index contributed by atoms with van der Waals surface area (Å²) in [6.45, 7) is 12.0. The summed E-state index contributed by atoms with van der Waals surface area (Å²) in [4.78, 5) is 23.9. The van der Waals surface area contributed by atoms with Crippen LogP contribution in [0.1, 0.15) is 60.2 Å². The summed E-state index contributed by atoms with van der Waals surface area (Å²) in [6, 6.07) is 6.59. The number of esters is 2. The largest absolute Gasteiger partial charge is 0.462 e. The highest BCUT2D eigenvalue weighted by Crippen LogP contribution is 2.20. The number of benzene rings is 1. The van der Waals surface area contributed by atoms with Crippen molar-refractivity contribution in [1.29, 1.82) is 0 Å². The van der Waals surface area contributed by atoms with Crippen molar-refractivity contribution in [2.45, 2.75) is 39.5 Å². The Balaban J connectivity index is 0.000000769. The highest BCUT2D eigenvalue weighted by atomic mass is 33.1. The van der Waals surface area contributed by atoms with Crippen molar-refractivity contribution in [2.24, 2.45) is 0 Å². The summed E-state index contributed by atoms with van der Waals surface area (Å²) in [5.41, 5.74) is 0.537. The fourth-order valence-corrected chi connectivity index (χ4v) is 3.35. The van der Waals surface area contributed by atoms with Crippen LogP contribution in [-0.4, -0.2) is 36.7 Å². The van der Waals surface area contributed by atoms with Gasteiger partial charge in [-0.15, -0.1) is 13.2 Å². The van der Waals surface area contributed by atoms with Gasteiger partial charge in [-0.25, -0.2) is 9.59 Å². The Morgan fingerprint density at radius 2 is 1.25 bits per heavy atom. The molecule has 0 spiro atoms. The third kappa shape index (κ3) is 12.7. The molecule has 0 radical (unpaired) electrons. The average molecular weight is 425 g/mol. The average Bonchev–Trinajstić information content (AvgIpc) is 2.72. The minimum absolute atomic E-state index is 0.269. The number of rotatable bonds is 13. The van der Waals surface area contributed by atoms with Gasteiger partial charge in [-0.1, -0.05) is 72.6 Å².